The highest BCUT2D eigenvalue weighted by molar-refractivity contribution is 5.77. The zero-order chi connectivity index (χ0) is 19.0. The maximum Gasteiger partial charge on any atom is 0.344 e. The number of carboxylic acid groups (broad SMARTS) is 2. The van der Waals surface area contributed by atoms with Gasteiger partial charge in [0.15, 0.2) is 6.10 Å². The molecule has 1 aromatic carbocycles. The molecule has 2 rings (SSSR count). The topological polar surface area (TPSA) is 110 Å². The number of hydrogen-bond donors (Lipinski definition) is 3. The van der Waals surface area contributed by atoms with Gasteiger partial charge in [-0.05, 0) is 46.9 Å². The molecule has 1 aliphatic rings. The first-order valence-corrected chi connectivity index (χ1v) is 8.47. The van der Waals surface area contributed by atoms with Crippen molar-refractivity contribution in [1.82, 2.24) is 0 Å². The molecule has 6 heteroatoms. The number of ether oxygens (including phenoxy) is 1. The summed E-state index contributed by atoms with van der Waals surface area (Å²) in [7, 11) is 0. The van der Waals surface area contributed by atoms with Crippen LogP contribution in [0.4, 0.5) is 0 Å². The van der Waals surface area contributed by atoms with E-state index in [1.807, 2.05) is 12.1 Å². The lowest BCUT2D eigenvalue weighted by atomic mass is 9.63. The molecule has 0 spiro atoms. The number of carboxylic acids is 2. The lowest BCUT2D eigenvalue weighted by molar-refractivity contribution is -0.146. The molecule has 2 atom stereocenters. The van der Waals surface area contributed by atoms with Gasteiger partial charge in [-0.1, -0.05) is 33.8 Å². The summed E-state index contributed by atoms with van der Waals surface area (Å²) in [6.07, 6.45) is 0.515. The normalized spacial score (nSPS) is 20.2. The smallest absolute Gasteiger partial charge is 0.344 e. The van der Waals surface area contributed by atoms with Crippen molar-refractivity contribution in [1.29, 1.82) is 0 Å². The molecule has 25 heavy (non-hydrogen) atoms. The first kappa shape index (κ1) is 19.2. The van der Waals surface area contributed by atoms with E-state index in [0.717, 1.165) is 18.4 Å². The van der Waals surface area contributed by atoms with E-state index in [9.17, 15) is 14.7 Å². The number of carbonyl (C=O) groups is 2. The average Bonchev–Trinajstić information content (AvgIpc) is 2.51. The van der Waals surface area contributed by atoms with Crippen molar-refractivity contribution >= 4 is 11.9 Å². The van der Waals surface area contributed by atoms with Crippen LogP contribution in [-0.4, -0.2) is 34.3 Å². The second-order valence-corrected chi connectivity index (χ2v) is 8.10. The zero-order valence-electron chi connectivity index (χ0n) is 15.2. The van der Waals surface area contributed by atoms with Gasteiger partial charge in [-0.2, -0.15) is 0 Å². The minimum absolute atomic E-state index is 0.0274. The Balaban J connectivity index is 2.31. The first-order valence-electron chi connectivity index (χ1n) is 8.47. The summed E-state index contributed by atoms with van der Waals surface area (Å²) in [6.45, 7) is 8.74. The highest BCUT2D eigenvalue weighted by atomic mass is 16.5. The van der Waals surface area contributed by atoms with E-state index in [-0.39, 0.29) is 17.3 Å². The first-order chi connectivity index (χ1) is 11.4. The predicted molar refractivity (Wildman–Crippen MR) is 94.0 cm³/mol. The number of benzene rings is 1. The Hall–Kier alpha value is -2.08. The Bertz CT molecular complexity index is 680. The molecule has 0 aromatic heterocycles. The number of aliphatic carboxylic acids is 2. The van der Waals surface area contributed by atoms with Gasteiger partial charge < -0.3 is 20.7 Å². The highest BCUT2D eigenvalue weighted by Gasteiger charge is 2.37. The molecule has 0 saturated heterocycles. The minimum Gasteiger partial charge on any atom is -0.480 e. The largest absolute Gasteiger partial charge is 0.480 e. The standard InChI is InChI=1S/C19H27NO5/c1-18(2)7-8-19(3,4)13-9-11(5-6-12(13)18)25-15(17(23)24)10-14(20)16(21)22/h5-6,9,14-15H,7-8,10,20H2,1-4H3,(H,21,22)(H,23,24). The van der Waals surface area contributed by atoms with Crippen LogP contribution in [0.25, 0.3) is 0 Å². The van der Waals surface area contributed by atoms with Crippen LogP contribution in [0.1, 0.15) is 58.1 Å². The fourth-order valence-corrected chi connectivity index (χ4v) is 3.34. The predicted octanol–water partition coefficient (Wildman–Crippen LogP) is 2.67. The Labute approximate surface area is 148 Å². The molecule has 138 valence electrons. The van der Waals surface area contributed by atoms with E-state index in [2.05, 4.69) is 27.7 Å². The molecule has 1 aliphatic carbocycles. The average molecular weight is 349 g/mol. The number of fused-ring (bicyclic) bond motifs is 1. The second-order valence-electron chi connectivity index (χ2n) is 8.10. The maximum atomic E-state index is 11.4. The number of rotatable bonds is 6. The van der Waals surface area contributed by atoms with Crippen molar-refractivity contribution < 1.29 is 24.5 Å². The third kappa shape index (κ3) is 4.12. The Kier molecular flexibility index (Phi) is 5.14. The third-order valence-corrected chi connectivity index (χ3v) is 5.16. The molecular weight excluding hydrogens is 322 g/mol. The van der Waals surface area contributed by atoms with Crippen molar-refractivity contribution in [3.8, 4) is 5.75 Å². The van der Waals surface area contributed by atoms with Crippen LogP contribution in [-0.2, 0) is 20.4 Å². The summed E-state index contributed by atoms with van der Waals surface area (Å²) < 4.78 is 5.58. The zero-order valence-corrected chi connectivity index (χ0v) is 15.2. The molecular formula is C19H27NO5. The fourth-order valence-electron chi connectivity index (χ4n) is 3.34. The lowest BCUT2D eigenvalue weighted by Gasteiger charge is -2.42. The van der Waals surface area contributed by atoms with Crippen LogP contribution in [0, 0.1) is 0 Å². The van der Waals surface area contributed by atoms with Gasteiger partial charge in [0.25, 0.3) is 0 Å². The van der Waals surface area contributed by atoms with Crippen LogP contribution >= 0.6 is 0 Å². The van der Waals surface area contributed by atoms with Gasteiger partial charge in [0.05, 0.1) is 0 Å². The molecule has 0 radical (unpaired) electrons. The molecule has 0 bridgehead atoms. The van der Waals surface area contributed by atoms with Crippen LogP contribution in [0.15, 0.2) is 18.2 Å². The summed E-state index contributed by atoms with van der Waals surface area (Å²) in [6, 6.07) is 4.35. The van der Waals surface area contributed by atoms with Crippen molar-refractivity contribution in [3.63, 3.8) is 0 Å². The van der Waals surface area contributed by atoms with Gasteiger partial charge >= 0.3 is 11.9 Å². The molecule has 6 nitrogen and oxygen atoms in total. The molecule has 0 saturated carbocycles. The molecule has 1 aromatic rings. The van der Waals surface area contributed by atoms with Crippen molar-refractivity contribution in [3.05, 3.63) is 29.3 Å². The van der Waals surface area contributed by atoms with E-state index >= 15 is 0 Å². The summed E-state index contributed by atoms with van der Waals surface area (Å²) in [5.41, 5.74) is 7.87. The highest BCUT2D eigenvalue weighted by Crippen LogP contribution is 2.46. The van der Waals surface area contributed by atoms with Gasteiger partial charge in [0.1, 0.15) is 11.8 Å². The summed E-state index contributed by atoms with van der Waals surface area (Å²) in [4.78, 5) is 22.3. The monoisotopic (exact) mass is 349 g/mol. The molecule has 0 amide bonds. The fraction of sp³-hybridized carbons (Fsp3) is 0.579. The maximum absolute atomic E-state index is 11.4. The van der Waals surface area contributed by atoms with Gasteiger partial charge in [0.2, 0.25) is 0 Å². The summed E-state index contributed by atoms with van der Waals surface area (Å²) in [5.74, 6) is -2.05. The van der Waals surface area contributed by atoms with Gasteiger partial charge in [-0.3, -0.25) is 4.79 Å². The summed E-state index contributed by atoms with van der Waals surface area (Å²) in [5, 5.41) is 18.2. The van der Waals surface area contributed by atoms with Crippen molar-refractivity contribution in [2.75, 3.05) is 0 Å². The van der Waals surface area contributed by atoms with Crippen LogP contribution in [0.3, 0.4) is 0 Å². The minimum atomic E-state index is -1.30. The third-order valence-electron chi connectivity index (χ3n) is 5.16. The van der Waals surface area contributed by atoms with E-state index < -0.39 is 24.1 Å². The Morgan fingerprint density at radius 1 is 1.08 bits per heavy atom. The Morgan fingerprint density at radius 3 is 2.16 bits per heavy atom. The van der Waals surface area contributed by atoms with Crippen molar-refractivity contribution in [2.24, 2.45) is 5.73 Å². The Morgan fingerprint density at radius 2 is 1.64 bits per heavy atom. The van der Waals surface area contributed by atoms with Gasteiger partial charge in [-0.25, -0.2) is 4.79 Å². The van der Waals surface area contributed by atoms with E-state index in [4.69, 9.17) is 15.6 Å². The molecule has 0 aliphatic heterocycles. The number of nitrogens with two attached hydrogens (primary N) is 1. The molecule has 0 heterocycles. The summed E-state index contributed by atoms with van der Waals surface area (Å²) >= 11 is 0. The van der Waals surface area contributed by atoms with Crippen molar-refractivity contribution in [2.45, 2.75) is 69.9 Å². The number of hydrogen-bond acceptors (Lipinski definition) is 4. The molecule has 0 fully saturated rings. The quantitative estimate of drug-likeness (QED) is 0.728. The van der Waals surface area contributed by atoms with E-state index in [1.165, 1.54) is 5.56 Å². The van der Waals surface area contributed by atoms with Gasteiger partial charge in [-0.15, -0.1) is 0 Å². The van der Waals surface area contributed by atoms with E-state index in [0.29, 0.717) is 5.75 Å². The molecule has 2 unspecified atom stereocenters. The van der Waals surface area contributed by atoms with Crippen LogP contribution in [0.5, 0.6) is 5.75 Å². The molecule has 4 N–H and O–H groups in total. The van der Waals surface area contributed by atoms with E-state index in [1.54, 1.807) is 6.07 Å². The van der Waals surface area contributed by atoms with Crippen LogP contribution in [0.2, 0.25) is 0 Å². The second kappa shape index (κ2) is 6.67. The lowest BCUT2D eigenvalue weighted by Crippen LogP contribution is -2.39. The SMILES string of the molecule is CC1(C)CCC(C)(C)c2cc(OC(CC(N)C(=O)O)C(=O)O)ccc21. The van der Waals surface area contributed by atoms with Crippen LogP contribution < -0.4 is 10.5 Å². The van der Waals surface area contributed by atoms with Gasteiger partial charge in [0, 0.05) is 6.42 Å².